The molecular formula is C20H17Cl2NS2. The zero-order chi connectivity index (χ0) is 17.5. The van der Waals surface area contributed by atoms with Gasteiger partial charge in [-0.3, -0.25) is 4.99 Å². The molecule has 2 aromatic rings. The fourth-order valence-corrected chi connectivity index (χ4v) is 4.54. The van der Waals surface area contributed by atoms with E-state index in [1.54, 1.807) is 23.5 Å². The summed E-state index contributed by atoms with van der Waals surface area (Å²) in [5.74, 6) is 0.946. The van der Waals surface area contributed by atoms with Crippen LogP contribution in [0.25, 0.3) is 0 Å². The zero-order valence-corrected chi connectivity index (χ0v) is 16.6. The summed E-state index contributed by atoms with van der Waals surface area (Å²) in [6.45, 7) is 0.727. The lowest BCUT2D eigenvalue weighted by Gasteiger charge is -2.08. The van der Waals surface area contributed by atoms with Crippen molar-refractivity contribution in [2.45, 2.75) is 11.3 Å². The van der Waals surface area contributed by atoms with Gasteiger partial charge in [0, 0.05) is 20.7 Å². The minimum Gasteiger partial charge on any atom is -0.267 e. The van der Waals surface area contributed by atoms with Gasteiger partial charge < -0.3 is 0 Å². The Morgan fingerprint density at radius 3 is 2.64 bits per heavy atom. The number of halogens is 2. The van der Waals surface area contributed by atoms with Crippen LogP contribution in [0.5, 0.6) is 0 Å². The molecule has 0 bridgehead atoms. The summed E-state index contributed by atoms with van der Waals surface area (Å²) in [4.78, 5) is 5.83. The maximum atomic E-state index is 6.26. The molecule has 0 amide bonds. The summed E-state index contributed by atoms with van der Waals surface area (Å²) in [5.41, 5.74) is 2.26. The fourth-order valence-electron chi connectivity index (χ4n) is 2.30. The second kappa shape index (κ2) is 9.54. The largest absolute Gasteiger partial charge is 0.267 e. The Hall–Kier alpha value is -1.13. The highest BCUT2D eigenvalue weighted by Crippen LogP contribution is 2.28. The summed E-state index contributed by atoms with van der Waals surface area (Å²) < 4.78 is 1.10. The molecule has 0 radical (unpaired) electrons. The molecule has 2 aromatic carbocycles. The van der Waals surface area contributed by atoms with Crippen molar-refractivity contribution in [3.63, 3.8) is 0 Å². The number of aliphatic imine (C=N–C) groups is 1. The number of hydrogen-bond donors (Lipinski definition) is 0. The molecule has 0 saturated heterocycles. The third-order valence-electron chi connectivity index (χ3n) is 3.54. The normalized spacial score (nSPS) is 17.1. The average Bonchev–Trinajstić information content (AvgIpc) is 2.74. The first kappa shape index (κ1) is 18.7. The predicted molar refractivity (Wildman–Crippen MR) is 115 cm³/mol. The Bertz CT molecular complexity index is 811. The maximum Gasteiger partial charge on any atom is 0.130 e. The van der Waals surface area contributed by atoms with Crippen LogP contribution in [-0.4, -0.2) is 16.7 Å². The highest BCUT2D eigenvalue weighted by Gasteiger charge is 2.06. The Balaban J connectivity index is 1.66. The molecule has 5 heteroatoms. The summed E-state index contributed by atoms with van der Waals surface area (Å²) >= 11 is 15.8. The summed E-state index contributed by atoms with van der Waals surface area (Å²) in [6, 6.07) is 14.1. The van der Waals surface area contributed by atoms with E-state index >= 15 is 0 Å². The summed E-state index contributed by atoms with van der Waals surface area (Å²) in [7, 11) is 0. The number of thioether (sulfide) groups is 2. The molecule has 3 rings (SSSR count). The molecule has 25 heavy (non-hydrogen) atoms. The van der Waals surface area contributed by atoms with Gasteiger partial charge in [0.05, 0.1) is 6.54 Å². The SMILES string of the molecule is Clc1ccc(Cl)c(Cc2ccc(SC3=NC/C=C\C=C/CS3)cc2)c1. The van der Waals surface area contributed by atoms with Gasteiger partial charge in [0.15, 0.2) is 0 Å². The van der Waals surface area contributed by atoms with Crippen molar-refractivity contribution in [1.82, 2.24) is 0 Å². The minimum atomic E-state index is 0.713. The molecule has 0 aromatic heterocycles. The standard InChI is InChI=1S/C20H17Cl2NS2/c21-17-7-10-19(22)16(14-17)13-15-5-8-18(9-6-15)25-20-23-11-3-1-2-4-12-24-20/h1-10,14H,11-13H2/b3-1-,4-2-,23-20?. The summed E-state index contributed by atoms with van der Waals surface area (Å²) in [5, 5.41) is 1.46. The van der Waals surface area contributed by atoms with Crippen molar-refractivity contribution < 1.29 is 0 Å². The molecule has 0 fully saturated rings. The van der Waals surface area contributed by atoms with Gasteiger partial charge in [-0.2, -0.15) is 0 Å². The molecule has 1 heterocycles. The van der Waals surface area contributed by atoms with Gasteiger partial charge in [-0.05, 0) is 47.9 Å². The van der Waals surface area contributed by atoms with Crippen molar-refractivity contribution in [3.8, 4) is 0 Å². The fraction of sp³-hybridized carbons (Fsp3) is 0.150. The topological polar surface area (TPSA) is 12.4 Å². The van der Waals surface area contributed by atoms with Crippen LogP contribution in [0.4, 0.5) is 0 Å². The van der Waals surface area contributed by atoms with Crippen molar-refractivity contribution in [1.29, 1.82) is 0 Å². The smallest absolute Gasteiger partial charge is 0.130 e. The average molecular weight is 406 g/mol. The Labute approximate surface area is 167 Å². The van der Waals surface area contributed by atoms with E-state index in [1.807, 2.05) is 24.3 Å². The minimum absolute atomic E-state index is 0.713. The monoisotopic (exact) mass is 405 g/mol. The molecule has 0 N–H and O–H groups in total. The van der Waals surface area contributed by atoms with E-state index in [4.69, 9.17) is 23.2 Å². The molecule has 1 aliphatic heterocycles. The highest BCUT2D eigenvalue weighted by molar-refractivity contribution is 8.39. The van der Waals surface area contributed by atoms with E-state index in [0.29, 0.717) is 5.02 Å². The van der Waals surface area contributed by atoms with Gasteiger partial charge in [-0.25, -0.2) is 0 Å². The quantitative estimate of drug-likeness (QED) is 0.550. The van der Waals surface area contributed by atoms with Crippen LogP contribution in [0.3, 0.4) is 0 Å². The first-order chi connectivity index (χ1) is 12.2. The van der Waals surface area contributed by atoms with Crippen LogP contribution < -0.4 is 0 Å². The molecule has 0 saturated carbocycles. The third-order valence-corrected chi connectivity index (χ3v) is 6.30. The van der Waals surface area contributed by atoms with Crippen LogP contribution in [-0.2, 0) is 6.42 Å². The third kappa shape index (κ3) is 5.96. The lowest BCUT2D eigenvalue weighted by Crippen LogP contribution is -1.91. The Morgan fingerprint density at radius 2 is 1.80 bits per heavy atom. The van der Waals surface area contributed by atoms with E-state index in [2.05, 4.69) is 47.5 Å². The van der Waals surface area contributed by atoms with E-state index in [9.17, 15) is 0 Å². The molecule has 0 aliphatic carbocycles. The van der Waals surface area contributed by atoms with Crippen LogP contribution in [0.15, 0.2) is 76.7 Å². The number of nitrogens with zero attached hydrogens (tertiary/aromatic N) is 1. The van der Waals surface area contributed by atoms with Crippen LogP contribution in [0.2, 0.25) is 10.0 Å². The molecule has 0 unspecified atom stereocenters. The second-order valence-corrected chi connectivity index (χ2v) is 8.61. The number of benzene rings is 2. The molecule has 128 valence electrons. The highest BCUT2D eigenvalue weighted by atomic mass is 35.5. The van der Waals surface area contributed by atoms with Crippen molar-refractivity contribution in [2.24, 2.45) is 4.99 Å². The van der Waals surface area contributed by atoms with Gasteiger partial charge in [0.2, 0.25) is 0 Å². The van der Waals surface area contributed by atoms with Crippen molar-refractivity contribution >= 4 is 51.1 Å². The number of rotatable bonds is 3. The van der Waals surface area contributed by atoms with Crippen molar-refractivity contribution in [3.05, 3.63) is 87.9 Å². The first-order valence-electron chi connectivity index (χ1n) is 7.90. The lowest BCUT2D eigenvalue weighted by atomic mass is 10.1. The molecule has 1 aliphatic rings. The van der Waals surface area contributed by atoms with E-state index in [0.717, 1.165) is 33.7 Å². The van der Waals surface area contributed by atoms with Gasteiger partial charge in [-0.1, -0.05) is 83.2 Å². The van der Waals surface area contributed by atoms with Gasteiger partial charge in [0.1, 0.15) is 4.38 Å². The van der Waals surface area contributed by atoms with E-state index in [-0.39, 0.29) is 0 Å². The number of allylic oxidation sites excluding steroid dienone is 2. The maximum absolute atomic E-state index is 6.26. The molecule has 0 spiro atoms. The Kier molecular flexibility index (Phi) is 7.12. The summed E-state index contributed by atoms with van der Waals surface area (Å²) in [6.07, 6.45) is 9.12. The van der Waals surface area contributed by atoms with Crippen LogP contribution in [0.1, 0.15) is 11.1 Å². The number of hydrogen-bond acceptors (Lipinski definition) is 3. The zero-order valence-electron chi connectivity index (χ0n) is 13.5. The van der Waals surface area contributed by atoms with Gasteiger partial charge in [0.25, 0.3) is 0 Å². The van der Waals surface area contributed by atoms with Crippen LogP contribution >= 0.6 is 46.7 Å². The van der Waals surface area contributed by atoms with Crippen molar-refractivity contribution in [2.75, 3.05) is 12.3 Å². The Morgan fingerprint density at radius 1 is 1.00 bits per heavy atom. The first-order valence-corrected chi connectivity index (χ1v) is 10.5. The van der Waals surface area contributed by atoms with E-state index in [1.165, 1.54) is 10.5 Å². The molecule has 1 nitrogen and oxygen atoms in total. The molecule has 0 atom stereocenters. The molecular weight excluding hydrogens is 389 g/mol. The second-order valence-electron chi connectivity index (χ2n) is 5.43. The van der Waals surface area contributed by atoms with E-state index < -0.39 is 0 Å². The predicted octanol–water partition coefficient (Wildman–Crippen LogP) is 6.89. The lowest BCUT2D eigenvalue weighted by molar-refractivity contribution is 1.18. The van der Waals surface area contributed by atoms with Gasteiger partial charge >= 0.3 is 0 Å². The van der Waals surface area contributed by atoms with Gasteiger partial charge in [-0.15, -0.1) is 0 Å². The van der Waals surface area contributed by atoms with Crippen LogP contribution in [0, 0.1) is 0 Å².